The quantitative estimate of drug-likeness (QED) is 0.0475. The second kappa shape index (κ2) is 33.9. The summed E-state index contributed by atoms with van der Waals surface area (Å²) >= 11 is 26.8. The van der Waals surface area contributed by atoms with Crippen molar-refractivity contribution in [1.82, 2.24) is 79.0 Å². The number of carbonyl (C=O) groups excluding carboxylic acids is 1. The average molecular weight is 1400 g/mol. The van der Waals surface area contributed by atoms with Gasteiger partial charge < -0.3 is 30.4 Å². The van der Waals surface area contributed by atoms with E-state index in [1.165, 1.54) is 27.6 Å². The van der Waals surface area contributed by atoms with E-state index in [1.807, 2.05) is 39.8 Å². The van der Waals surface area contributed by atoms with Gasteiger partial charge in [0.25, 0.3) is 23.4 Å². The Labute approximate surface area is 559 Å². The molecule has 0 aliphatic heterocycles. The molecule has 91 heavy (non-hydrogen) atoms. The zero-order valence-corrected chi connectivity index (χ0v) is 55.4. The number of H-pyrrole nitrogens is 1. The van der Waals surface area contributed by atoms with Crippen LogP contribution in [0.5, 0.6) is 11.8 Å². The molecule has 2 saturated carbocycles. The summed E-state index contributed by atoms with van der Waals surface area (Å²) in [6.45, 7) is 8.69. The van der Waals surface area contributed by atoms with Crippen LogP contribution in [-0.2, 0) is 4.79 Å². The summed E-state index contributed by atoms with van der Waals surface area (Å²) in [7, 11) is 0. The van der Waals surface area contributed by atoms with Crippen LogP contribution in [0.15, 0.2) is 53.3 Å². The molecule has 4 N–H and O–H groups in total. The van der Waals surface area contributed by atoms with E-state index < -0.39 is 36.4 Å². The predicted molar refractivity (Wildman–Crippen MR) is 309 cm³/mol. The van der Waals surface area contributed by atoms with Gasteiger partial charge in [-0.3, -0.25) is 9.78 Å². The predicted octanol–water partition coefficient (Wildman–Crippen LogP) is 8.31. The van der Waals surface area contributed by atoms with Crippen LogP contribution in [0.3, 0.4) is 0 Å². The van der Waals surface area contributed by atoms with Crippen LogP contribution < -0.4 is 60.7 Å². The molecule has 0 spiro atoms. The van der Waals surface area contributed by atoms with Gasteiger partial charge in [-0.2, -0.15) is 76.6 Å². The first-order chi connectivity index (χ1) is 41.8. The summed E-state index contributed by atoms with van der Waals surface area (Å²) in [4.78, 5) is 50.8. The number of aromatic nitrogens is 16. The van der Waals surface area contributed by atoms with Gasteiger partial charge in [-0.25, -0.2) is 41.3 Å². The third kappa shape index (κ3) is 25.5. The fourth-order valence-corrected chi connectivity index (χ4v) is 8.91. The second-order valence-corrected chi connectivity index (χ2v) is 21.8. The number of nitrogens with two attached hydrogens (primary N) is 1. The topological polar surface area (TPSA) is 291 Å². The number of carbonyl (C=O) groups is 1. The number of hydrogen-bond acceptors (Lipinski definition) is 18. The Balaban J connectivity index is 0.000000243. The van der Waals surface area contributed by atoms with Gasteiger partial charge >= 0.3 is 48.2 Å². The smallest absolute Gasteiger partial charge is 0.543 e. The average Bonchev–Trinajstić information content (AvgIpc) is 2.05. The van der Waals surface area contributed by atoms with Crippen molar-refractivity contribution in [3.05, 3.63) is 125 Å². The summed E-state index contributed by atoms with van der Waals surface area (Å²) in [5.41, 5.74) is 11.7. The molecule has 2 aliphatic rings. The number of halogens is 15. The Bertz CT molecular complexity index is 3720. The van der Waals surface area contributed by atoms with E-state index in [2.05, 4.69) is 86.7 Å². The summed E-state index contributed by atoms with van der Waals surface area (Å²) in [5, 5.41) is 25.4. The molecule has 0 aromatic carbocycles. The number of aliphatic carboxylic acids is 1. The number of hydrogen-bond donors (Lipinski definition) is 3. The largest absolute Gasteiger partial charge is 1.00 e. The number of aromatic amines is 1. The standard InChI is InChI=1S/C16H19F4N5O.C10H9ClF2N4O.C9H8Cl2N4.C9H9ClN4O.C6H11F2N.C2HClF2O2.Na/c1-9-7-10(2)25(24-9)15-22-12(8-13(23-15)26-14(17)18)21-11-3-5-16(19,20)6-4-11;1-5-3-6(2)17(16-5)10-14-7(11)4-8(15-10)18-9(12)13;1-5-3-6(2)15(14-5)9-12-7(10)4-8(11)13-9;1-5-3-6(2)14(13-5)9-11-7(10)4-8(15)12-9;7-6(8)3-1-5(9)2-4-6;3-2(4,5)1(6)7;/h7-8,11,14H,3-6H2,1-2H3,(H,21,22,23);3-4,9H,1-2H3;3-4H,1-2H3;3-4H,1-2H3,(H,11,12,15);5H,1-4,9H2;(H,6,7);/q;;;;;;+1/p-1. The number of rotatable bonds is 11. The number of nitrogens with one attached hydrogen (secondary N) is 2. The number of nitrogens with zero attached hydrogens (tertiary/aromatic N) is 15. The maximum absolute atomic E-state index is 13.3. The zero-order chi connectivity index (χ0) is 67.2. The number of ether oxygens (including phenoxy) is 2. The molecule has 0 radical (unpaired) electrons. The molecule has 8 heterocycles. The Morgan fingerprint density at radius 2 is 0.923 bits per heavy atom. The van der Waals surface area contributed by atoms with E-state index in [9.17, 15) is 48.7 Å². The number of carboxylic acids is 1. The van der Waals surface area contributed by atoms with Gasteiger partial charge in [0.2, 0.25) is 29.6 Å². The molecule has 39 heteroatoms. The van der Waals surface area contributed by atoms with Gasteiger partial charge in [0, 0.05) is 84.8 Å². The molecule has 10 rings (SSSR count). The van der Waals surface area contributed by atoms with Crippen LogP contribution in [0, 0.1) is 55.4 Å². The van der Waals surface area contributed by atoms with Crippen LogP contribution in [0.2, 0.25) is 20.6 Å². The molecule has 8 aromatic heterocycles. The van der Waals surface area contributed by atoms with E-state index in [-0.39, 0.29) is 126 Å². The molecule has 0 bridgehead atoms. The molecular weight excluding hydrogens is 1350 g/mol. The van der Waals surface area contributed by atoms with Crippen molar-refractivity contribution in [3.63, 3.8) is 0 Å². The summed E-state index contributed by atoms with van der Waals surface area (Å²) in [5.74, 6) is -7.16. The van der Waals surface area contributed by atoms with Gasteiger partial charge in [-0.05, 0) is 117 Å². The van der Waals surface area contributed by atoms with Crippen molar-refractivity contribution in [2.75, 3.05) is 5.32 Å². The van der Waals surface area contributed by atoms with Gasteiger partial charge in [0.05, 0.1) is 22.8 Å². The van der Waals surface area contributed by atoms with Crippen molar-refractivity contribution in [2.45, 2.75) is 149 Å². The maximum atomic E-state index is 13.3. The van der Waals surface area contributed by atoms with Crippen molar-refractivity contribution in [1.29, 1.82) is 0 Å². The minimum atomic E-state index is -4.22. The van der Waals surface area contributed by atoms with E-state index in [1.54, 1.807) is 49.2 Å². The van der Waals surface area contributed by atoms with Gasteiger partial charge in [0.1, 0.15) is 32.4 Å². The number of alkyl halides is 11. The Morgan fingerprint density at radius 3 is 1.27 bits per heavy atom. The van der Waals surface area contributed by atoms with Crippen molar-refractivity contribution in [2.24, 2.45) is 5.73 Å². The van der Waals surface area contributed by atoms with Crippen LogP contribution in [-0.4, -0.2) is 127 Å². The normalized spacial score (nSPS) is 14.4. The minimum absolute atomic E-state index is 0. The molecule has 8 aromatic rings. The zero-order valence-electron chi connectivity index (χ0n) is 49.6. The third-order valence-corrected chi connectivity index (χ3v) is 12.9. The molecule has 0 saturated heterocycles. The van der Waals surface area contributed by atoms with Gasteiger partial charge in [-0.1, -0.05) is 46.4 Å². The minimum Gasteiger partial charge on any atom is -0.543 e. The molecule has 0 atom stereocenters. The van der Waals surface area contributed by atoms with Gasteiger partial charge in [-0.15, -0.1) is 0 Å². The first-order valence-corrected chi connectivity index (χ1v) is 28.2. The van der Waals surface area contributed by atoms with E-state index in [4.69, 9.17) is 62.0 Å². The van der Waals surface area contributed by atoms with E-state index in [0.29, 0.717) is 35.0 Å². The SMILES string of the molecule is Cc1cc(C)n(-c2nc(Cl)cc(=O)[nH]2)n1.Cc1cc(C)n(-c2nc(Cl)cc(Cl)n2)n1.Cc1cc(C)n(-c2nc(Cl)cc(OC(F)F)n2)n1.Cc1cc(C)n(-c2nc(NC3CCC(F)(F)CC3)cc(OC(F)F)n2)n1.NC1CCC(F)(F)CC1.O=C([O-])C(F)(F)Cl.[Na+]. The van der Waals surface area contributed by atoms with Crippen molar-refractivity contribution < 1.29 is 92.8 Å². The molecule has 490 valence electrons. The van der Waals surface area contributed by atoms with Crippen LogP contribution in [0.4, 0.5) is 49.7 Å². The molecule has 23 nitrogen and oxygen atoms in total. The van der Waals surface area contributed by atoms with E-state index in [0.717, 1.165) is 51.6 Å². The Kier molecular flexibility index (Phi) is 28.7. The van der Waals surface area contributed by atoms with E-state index >= 15 is 0 Å². The summed E-state index contributed by atoms with van der Waals surface area (Å²) in [6.07, 6.45) is 0.998. The van der Waals surface area contributed by atoms with Crippen LogP contribution >= 0.6 is 58.0 Å². The first-order valence-electron chi connectivity index (χ1n) is 26.3. The molecule has 0 amide bonds. The Hall–Kier alpha value is -6.46. The fraction of sp³-hybridized carbons (Fsp3) is 0.442. The first kappa shape index (κ1) is 77.0. The molecule has 2 fully saturated rings. The number of anilines is 1. The number of carboxylic acid groups (broad SMARTS) is 1. The number of aryl methyl sites for hydroxylation is 8. The van der Waals surface area contributed by atoms with Crippen LogP contribution in [0.1, 0.15) is 96.9 Å². The van der Waals surface area contributed by atoms with Crippen molar-refractivity contribution in [3.8, 4) is 35.6 Å². The summed E-state index contributed by atoms with van der Waals surface area (Å²) in [6, 6.07) is 12.3. The molecule has 2 aliphatic carbocycles. The van der Waals surface area contributed by atoms with Crippen molar-refractivity contribution >= 4 is 69.8 Å². The van der Waals surface area contributed by atoms with Crippen LogP contribution in [0.25, 0.3) is 23.8 Å². The third-order valence-electron chi connectivity index (χ3n) is 12.0. The second-order valence-electron chi connectivity index (χ2n) is 19.8. The Morgan fingerprint density at radius 1 is 0.582 bits per heavy atom. The maximum Gasteiger partial charge on any atom is 1.00 e. The molecule has 0 unspecified atom stereocenters. The fourth-order valence-electron chi connectivity index (χ4n) is 8.15. The van der Waals surface area contributed by atoms with Gasteiger partial charge in [0.15, 0.2) is 0 Å². The summed E-state index contributed by atoms with van der Waals surface area (Å²) < 4.78 is 137. The molecular formula is C52H56Cl5F10N18NaO5. The monoisotopic (exact) mass is 1400 g/mol.